The topological polar surface area (TPSA) is 55.8 Å². The van der Waals surface area contributed by atoms with Gasteiger partial charge in [-0.25, -0.2) is 0 Å². The minimum atomic E-state index is -3.27. The van der Waals surface area contributed by atoms with E-state index >= 15 is 9.13 Å². The van der Waals surface area contributed by atoms with E-state index in [1.54, 1.807) is 0 Å². The Morgan fingerprint density at radius 2 is 0.897 bits per heavy atom. The highest BCUT2D eigenvalue weighted by Gasteiger charge is 2.46. The molecule has 0 saturated carbocycles. The predicted octanol–water partition coefficient (Wildman–Crippen LogP) is 13.1. The lowest BCUT2D eigenvalue weighted by Gasteiger charge is -2.46. The first kappa shape index (κ1) is 41.1. The summed E-state index contributed by atoms with van der Waals surface area (Å²) >= 11 is 0. The fourth-order valence-electron chi connectivity index (χ4n) is 11.8. The van der Waals surface area contributed by atoms with Crippen LogP contribution in [0.3, 0.4) is 0 Å². The first-order chi connectivity index (χ1) is 33.0. The van der Waals surface area contributed by atoms with E-state index in [-0.39, 0.29) is 16.7 Å². The number of anilines is 3. The van der Waals surface area contributed by atoms with Crippen molar-refractivity contribution in [3.8, 4) is 23.0 Å². The number of hydrogen-bond acceptors (Lipinski definition) is 5. The van der Waals surface area contributed by atoms with Gasteiger partial charge in [-0.1, -0.05) is 167 Å². The number of benzene rings is 9. The number of rotatable bonds is 4. The van der Waals surface area contributed by atoms with E-state index < -0.39 is 14.3 Å². The lowest BCUT2D eigenvalue weighted by atomic mass is 9.62. The molecule has 1 aliphatic carbocycles. The Bertz CT molecular complexity index is 3430. The lowest BCUT2D eigenvalue weighted by Crippen LogP contribution is -2.35. The number of hydrogen-bond donors (Lipinski definition) is 0. The molecule has 3 aliphatic heterocycles. The third kappa shape index (κ3) is 5.64. The van der Waals surface area contributed by atoms with Crippen molar-refractivity contribution in [1.29, 1.82) is 0 Å². The van der Waals surface area contributed by atoms with Gasteiger partial charge in [0.15, 0.2) is 14.3 Å². The van der Waals surface area contributed by atoms with E-state index in [0.717, 1.165) is 38.5 Å². The summed E-state index contributed by atoms with van der Waals surface area (Å²) in [5, 5.41) is 4.42. The van der Waals surface area contributed by atoms with Gasteiger partial charge in [-0.05, 0) is 99.6 Å². The van der Waals surface area contributed by atoms with Gasteiger partial charge < -0.3 is 23.5 Å². The van der Waals surface area contributed by atoms with Gasteiger partial charge in [-0.15, -0.1) is 0 Å². The molecule has 9 aromatic carbocycles. The molecular formula is C61H47NO4P2. The molecular weight excluding hydrogens is 873 g/mol. The van der Waals surface area contributed by atoms with Crippen molar-refractivity contribution in [2.75, 3.05) is 4.90 Å². The van der Waals surface area contributed by atoms with Crippen LogP contribution in [0, 0.1) is 0 Å². The maximum absolute atomic E-state index is 15.7. The van der Waals surface area contributed by atoms with Crippen LogP contribution in [0.1, 0.15) is 72.6 Å². The Balaban J connectivity index is 1.01. The predicted molar refractivity (Wildman–Crippen MR) is 278 cm³/mol. The average Bonchev–Trinajstić information content (AvgIpc) is 3.37. The second-order valence-corrected chi connectivity index (χ2v) is 24.9. The van der Waals surface area contributed by atoms with Crippen LogP contribution in [0.15, 0.2) is 206 Å². The lowest BCUT2D eigenvalue weighted by molar-refractivity contribution is 0.484. The van der Waals surface area contributed by atoms with Crippen LogP contribution in [0.4, 0.5) is 17.1 Å². The third-order valence-corrected chi connectivity index (χ3v) is 21.4. The van der Waals surface area contributed by atoms with Gasteiger partial charge in [0.2, 0.25) is 0 Å². The van der Waals surface area contributed by atoms with Crippen molar-refractivity contribution in [1.82, 2.24) is 0 Å². The van der Waals surface area contributed by atoms with Crippen molar-refractivity contribution in [3.05, 3.63) is 245 Å². The largest absolute Gasteiger partial charge is 0.456 e. The molecule has 0 bridgehead atoms. The number of ether oxygens (including phenoxy) is 2. The number of fused-ring (bicyclic) bond motifs is 8. The van der Waals surface area contributed by atoms with Gasteiger partial charge in [0, 0.05) is 39.1 Å². The van der Waals surface area contributed by atoms with Crippen LogP contribution in [-0.2, 0) is 20.0 Å². The molecule has 0 aromatic heterocycles. The summed E-state index contributed by atoms with van der Waals surface area (Å²) in [5.41, 5.74) is 10.8. The van der Waals surface area contributed by atoms with Gasteiger partial charge in [0.25, 0.3) is 0 Å². The van der Waals surface area contributed by atoms with Crippen LogP contribution < -0.4 is 46.2 Å². The normalized spacial score (nSPS) is 20.6. The number of para-hydroxylation sites is 3. The third-order valence-electron chi connectivity index (χ3n) is 15.1. The molecule has 7 heteroatoms. The van der Waals surface area contributed by atoms with Crippen LogP contribution in [0.2, 0.25) is 0 Å². The number of nitrogens with zero attached hydrogens (tertiary/aromatic N) is 1. The molecule has 5 nitrogen and oxygen atoms in total. The van der Waals surface area contributed by atoms with E-state index in [9.17, 15) is 0 Å². The molecule has 0 fully saturated rings. The molecule has 13 rings (SSSR count). The summed E-state index contributed by atoms with van der Waals surface area (Å²) < 4.78 is 44.8. The van der Waals surface area contributed by atoms with Crippen molar-refractivity contribution in [2.24, 2.45) is 0 Å². The fraction of sp³-hybridized carbons (Fsp3) is 0.115. The Labute approximate surface area is 397 Å². The summed E-state index contributed by atoms with van der Waals surface area (Å²) in [7, 11) is -6.53. The quantitative estimate of drug-likeness (QED) is 0.165. The minimum Gasteiger partial charge on any atom is -0.456 e. The molecule has 3 atom stereocenters. The summed E-state index contributed by atoms with van der Waals surface area (Å²) in [6.07, 6.45) is 0. The van der Waals surface area contributed by atoms with E-state index in [0.29, 0.717) is 38.9 Å². The highest BCUT2D eigenvalue weighted by atomic mass is 31.2. The Kier molecular flexibility index (Phi) is 8.86. The van der Waals surface area contributed by atoms with Gasteiger partial charge in [0.1, 0.15) is 23.0 Å². The summed E-state index contributed by atoms with van der Waals surface area (Å²) in [5.74, 6) is 2.32. The molecule has 0 amide bonds. The zero-order chi connectivity index (χ0) is 46.2. The fourth-order valence-corrected chi connectivity index (χ4v) is 17.5. The van der Waals surface area contributed by atoms with E-state index in [4.69, 9.17) is 9.47 Å². The highest BCUT2D eigenvalue weighted by molar-refractivity contribution is 7.86. The Hall–Kier alpha value is -7.16. The molecule has 0 spiro atoms. The van der Waals surface area contributed by atoms with Gasteiger partial charge in [0.05, 0.1) is 32.6 Å². The van der Waals surface area contributed by atoms with Crippen LogP contribution in [0.25, 0.3) is 0 Å². The summed E-state index contributed by atoms with van der Waals surface area (Å²) in [6, 6.07) is 70.2. The minimum absolute atomic E-state index is 0.146. The molecule has 0 radical (unpaired) electrons. The van der Waals surface area contributed by atoms with Gasteiger partial charge >= 0.3 is 0 Å². The Morgan fingerprint density at radius 3 is 1.54 bits per heavy atom. The van der Waals surface area contributed by atoms with Crippen molar-refractivity contribution >= 4 is 63.2 Å². The molecule has 9 aromatic rings. The zero-order valence-corrected chi connectivity index (χ0v) is 40.0. The van der Waals surface area contributed by atoms with Crippen LogP contribution >= 0.6 is 14.3 Å². The molecule has 330 valence electrons. The summed E-state index contributed by atoms with van der Waals surface area (Å²) in [4.78, 5) is 2.38. The second-order valence-electron chi connectivity index (χ2n) is 19.5. The second kappa shape index (κ2) is 14.7. The first-order valence-electron chi connectivity index (χ1n) is 23.3. The smallest absolute Gasteiger partial charge is 0.178 e. The molecule has 3 heterocycles. The van der Waals surface area contributed by atoms with Crippen molar-refractivity contribution in [3.63, 3.8) is 0 Å². The van der Waals surface area contributed by atoms with E-state index in [1.165, 1.54) is 33.4 Å². The maximum Gasteiger partial charge on any atom is 0.178 e. The SMILES string of the molecule is CC1(C)c2ccccc2C(c2ccc3c(c2)Oc2ccccc2P3(=O)c2ccccc2)c2cc3c(cc21)N(c1ccc2c(c1)Oc1ccccc1P2(=O)c1ccccc1)c1ccccc1C3(C)C. The van der Waals surface area contributed by atoms with Crippen LogP contribution in [-0.4, -0.2) is 0 Å². The van der Waals surface area contributed by atoms with E-state index in [2.05, 4.69) is 124 Å². The van der Waals surface area contributed by atoms with E-state index in [1.807, 2.05) is 115 Å². The first-order valence-corrected chi connectivity index (χ1v) is 26.7. The molecule has 4 aliphatic rings. The van der Waals surface area contributed by atoms with Crippen molar-refractivity contribution in [2.45, 2.75) is 44.4 Å². The highest BCUT2D eigenvalue weighted by Crippen LogP contribution is 2.59. The Morgan fingerprint density at radius 1 is 0.397 bits per heavy atom. The molecule has 68 heavy (non-hydrogen) atoms. The van der Waals surface area contributed by atoms with Crippen LogP contribution in [0.5, 0.6) is 23.0 Å². The maximum atomic E-state index is 15.7. The average molecular weight is 920 g/mol. The standard InChI is InChI=1S/C61H47NO4P2/c1-60(2)45-24-12-11-23-43(45)59(39-31-33-57-53(35-39)65-51-27-15-17-29-55(51)67(57,63)41-19-7-5-8-20-41)44-37-48-50(38-47(44)60)62(49-26-14-13-25-46(49)61(48,3)4)40-32-34-58-54(36-40)66-52-28-16-18-30-56(52)68(58,64)42-21-9-6-10-22-42/h5-38,59H,1-4H3. The van der Waals surface area contributed by atoms with Crippen molar-refractivity contribution < 1.29 is 18.6 Å². The molecule has 0 N–H and O–H groups in total. The molecule has 3 unspecified atom stereocenters. The summed E-state index contributed by atoms with van der Waals surface area (Å²) in [6.45, 7) is 9.35. The monoisotopic (exact) mass is 919 g/mol. The van der Waals surface area contributed by atoms with Gasteiger partial charge in [-0.2, -0.15) is 0 Å². The van der Waals surface area contributed by atoms with Gasteiger partial charge in [-0.3, -0.25) is 0 Å². The zero-order valence-electron chi connectivity index (χ0n) is 38.2. The molecule has 0 saturated heterocycles.